The summed E-state index contributed by atoms with van der Waals surface area (Å²) >= 11 is 0. The number of halogens is 3. The van der Waals surface area contributed by atoms with E-state index in [9.17, 15) is 12.9 Å². The predicted molar refractivity (Wildman–Crippen MR) is 51.0 cm³/mol. The standard InChI is InChI=1S/C9H13BF3O2.K/c11-10(12,13)6-2-4-8-15-9-5-1-3-7-14-9;/h9H,1,3-5,7-8H2;/q-1;+1. The molecule has 1 saturated heterocycles. The number of ether oxygens (including phenoxy) is 2. The Bertz CT molecular complexity index is 243. The Balaban J connectivity index is 0.00000225. The molecule has 1 fully saturated rings. The minimum Gasteiger partial charge on any atom is -0.438 e. The Morgan fingerprint density at radius 3 is 2.62 bits per heavy atom. The van der Waals surface area contributed by atoms with Crippen LogP contribution in [-0.4, -0.2) is 26.5 Å². The molecule has 2 nitrogen and oxygen atoms in total. The van der Waals surface area contributed by atoms with E-state index in [4.69, 9.17) is 9.47 Å². The molecule has 0 N–H and O–H groups in total. The second-order valence-corrected chi connectivity index (χ2v) is 3.31. The maximum Gasteiger partial charge on any atom is 1.00 e. The first-order valence-corrected chi connectivity index (χ1v) is 5.00. The smallest absolute Gasteiger partial charge is 0.438 e. The van der Waals surface area contributed by atoms with E-state index >= 15 is 0 Å². The molecule has 0 aliphatic carbocycles. The van der Waals surface area contributed by atoms with Gasteiger partial charge >= 0.3 is 58.4 Å². The van der Waals surface area contributed by atoms with Crippen molar-refractivity contribution in [1.82, 2.24) is 0 Å². The van der Waals surface area contributed by atoms with Crippen LogP contribution >= 0.6 is 0 Å². The van der Waals surface area contributed by atoms with Crippen LogP contribution < -0.4 is 51.4 Å². The van der Waals surface area contributed by atoms with Gasteiger partial charge in [0.25, 0.3) is 0 Å². The van der Waals surface area contributed by atoms with Crippen molar-refractivity contribution in [3.05, 3.63) is 0 Å². The van der Waals surface area contributed by atoms with Gasteiger partial charge in [0.2, 0.25) is 0 Å². The van der Waals surface area contributed by atoms with Crippen LogP contribution in [0.3, 0.4) is 0 Å². The topological polar surface area (TPSA) is 18.5 Å². The van der Waals surface area contributed by atoms with E-state index in [1.807, 2.05) is 5.92 Å². The van der Waals surface area contributed by atoms with E-state index in [-0.39, 0.29) is 70.7 Å². The summed E-state index contributed by atoms with van der Waals surface area (Å²) in [4.78, 5) is 0. The number of hydrogen-bond donors (Lipinski definition) is 0. The van der Waals surface area contributed by atoms with E-state index in [1.54, 1.807) is 0 Å². The van der Waals surface area contributed by atoms with Gasteiger partial charge in [0.05, 0.1) is 6.61 Å². The van der Waals surface area contributed by atoms with E-state index in [0.717, 1.165) is 19.3 Å². The Labute approximate surface area is 136 Å². The van der Waals surface area contributed by atoms with Gasteiger partial charge in [0, 0.05) is 13.0 Å². The zero-order chi connectivity index (χ0) is 11.1. The Morgan fingerprint density at radius 1 is 1.31 bits per heavy atom. The van der Waals surface area contributed by atoms with Crippen molar-refractivity contribution in [2.24, 2.45) is 0 Å². The van der Waals surface area contributed by atoms with Crippen LogP contribution in [0.15, 0.2) is 0 Å². The molecule has 1 atom stereocenters. The second kappa shape index (κ2) is 8.98. The largest absolute Gasteiger partial charge is 1.00 e. The normalized spacial score (nSPS) is 20.6. The van der Waals surface area contributed by atoms with Gasteiger partial charge in [-0.3, -0.25) is 0 Å². The van der Waals surface area contributed by atoms with Gasteiger partial charge in [0.15, 0.2) is 6.29 Å². The summed E-state index contributed by atoms with van der Waals surface area (Å²) in [5.41, 5.74) is 0. The van der Waals surface area contributed by atoms with E-state index < -0.39 is 6.98 Å². The predicted octanol–water partition coefficient (Wildman–Crippen LogP) is -0.686. The zero-order valence-corrected chi connectivity index (χ0v) is 12.5. The molecule has 0 saturated carbocycles. The van der Waals surface area contributed by atoms with Gasteiger partial charge in [-0.25, -0.2) is 5.82 Å². The van der Waals surface area contributed by atoms with Gasteiger partial charge in [-0.2, -0.15) is 0 Å². The molecule has 0 spiro atoms. The first-order valence-electron chi connectivity index (χ1n) is 5.00. The summed E-state index contributed by atoms with van der Waals surface area (Å²) in [6.07, 6.45) is 2.73. The van der Waals surface area contributed by atoms with Crippen molar-refractivity contribution in [2.45, 2.75) is 32.0 Å². The fraction of sp³-hybridized carbons (Fsp3) is 0.778. The first kappa shape index (κ1) is 17.0. The van der Waals surface area contributed by atoms with Gasteiger partial charge in [-0.05, 0) is 19.3 Å². The van der Waals surface area contributed by atoms with Crippen LogP contribution in [0.4, 0.5) is 12.9 Å². The molecule has 1 aliphatic rings. The fourth-order valence-corrected chi connectivity index (χ4v) is 1.27. The van der Waals surface area contributed by atoms with Gasteiger partial charge in [0.1, 0.15) is 0 Å². The van der Waals surface area contributed by atoms with Crippen molar-refractivity contribution < 1.29 is 73.8 Å². The van der Waals surface area contributed by atoms with Crippen molar-refractivity contribution in [1.29, 1.82) is 0 Å². The fourth-order valence-electron chi connectivity index (χ4n) is 1.27. The molecule has 0 bridgehead atoms. The Morgan fingerprint density at radius 2 is 2.06 bits per heavy atom. The molecular weight excluding hydrogens is 247 g/mol. The average Bonchev–Trinajstić information content (AvgIpc) is 2.17. The molecule has 1 rings (SSSR count). The van der Waals surface area contributed by atoms with Crippen molar-refractivity contribution >= 4 is 6.98 Å². The number of hydrogen-bond acceptors (Lipinski definition) is 2. The Hall–Kier alpha value is 0.971. The zero-order valence-electron chi connectivity index (χ0n) is 9.35. The van der Waals surface area contributed by atoms with Crippen LogP contribution in [-0.2, 0) is 9.47 Å². The summed E-state index contributed by atoms with van der Waals surface area (Å²) < 4.78 is 45.4. The molecule has 1 aliphatic heterocycles. The molecule has 0 aromatic rings. The molecule has 16 heavy (non-hydrogen) atoms. The van der Waals surface area contributed by atoms with Gasteiger partial charge in [-0.15, -0.1) is 5.92 Å². The molecule has 0 aromatic heterocycles. The van der Waals surface area contributed by atoms with Crippen LogP contribution in [0, 0.1) is 11.7 Å². The third-order valence-electron chi connectivity index (χ3n) is 1.93. The third-order valence-corrected chi connectivity index (χ3v) is 1.93. The molecule has 7 heteroatoms. The van der Waals surface area contributed by atoms with Gasteiger partial charge in [-0.1, -0.05) is 0 Å². The first-order chi connectivity index (χ1) is 7.08. The number of rotatable bonds is 3. The minimum atomic E-state index is -4.98. The average molecular weight is 260 g/mol. The van der Waals surface area contributed by atoms with Crippen molar-refractivity contribution in [3.63, 3.8) is 0 Å². The van der Waals surface area contributed by atoms with E-state index in [2.05, 4.69) is 0 Å². The van der Waals surface area contributed by atoms with Crippen LogP contribution in [0.2, 0.25) is 0 Å². The van der Waals surface area contributed by atoms with Crippen molar-refractivity contribution in [2.75, 3.05) is 13.2 Å². The molecule has 0 amide bonds. The third kappa shape index (κ3) is 9.05. The maximum absolute atomic E-state index is 11.7. The maximum atomic E-state index is 11.7. The summed E-state index contributed by atoms with van der Waals surface area (Å²) in [6, 6.07) is 0. The Kier molecular flexibility index (Phi) is 9.52. The molecular formula is C9H13BF3KO2. The van der Waals surface area contributed by atoms with Crippen LogP contribution in [0.5, 0.6) is 0 Å². The SMILES string of the molecule is F[B-](F)(F)C#CCCOC1CCCCO1.[K+]. The summed E-state index contributed by atoms with van der Waals surface area (Å²) in [5.74, 6) is 3.29. The molecule has 86 valence electrons. The van der Waals surface area contributed by atoms with Gasteiger partial charge < -0.3 is 22.4 Å². The molecule has 1 unspecified atom stereocenters. The van der Waals surface area contributed by atoms with Crippen LogP contribution in [0.1, 0.15) is 25.7 Å². The monoisotopic (exact) mass is 260 g/mol. The quantitative estimate of drug-likeness (QED) is 0.380. The van der Waals surface area contributed by atoms with E-state index in [1.165, 1.54) is 5.82 Å². The van der Waals surface area contributed by atoms with Crippen molar-refractivity contribution in [3.8, 4) is 11.7 Å². The molecule has 0 radical (unpaired) electrons. The second-order valence-electron chi connectivity index (χ2n) is 3.31. The molecule has 1 heterocycles. The minimum absolute atomic E-state index is 0. The summed E-state index contributed by atoms with van der Waals surface area (Å²) in [6.45, 7) is -4.12. The summed E-state index contributed by atoms with van der Waals surface area (Å²) in [7, 11) is 0. The van der Waals surface area contributed by atoms with Crippen LogP contribution in [0.25, 0.3) is 0 Å². The summed E-state index contributed by atoms with van der Waals surface area (Å²) in [5, 5.41) is 0. The van der Waals surface area contributed by atoms with E-state index in [0.29, 0.717) is 6.61 Å². The molecule has 0 aromatic carbocycles.